The number of amides is 1. The van der Waals surface area contributed by atoms with E-state index in [0.717, 1.165) is 0 Å². The molecule has 0 aromatic heterocycles. The predicted molar refractivity (Wildman–Crippen MR) is 76.1 cm³/mol. The van der Waals surface area contributed by atoms with Crippen LogP contribution in [0.5, 0.6) is 0 Å². The van der Waals surface area contributed by atoms with Crippen molar-refractivity contribution in [3.05, 3.63) is 21.1 Å². The number of rotatable bonds is 1. The second kappa shape index (κ2) is 5.27. The van der Waals surface area contributed by atoms with Crippen molar-refractivity contribution < 1.29 is 9.53 Å². The van der Waals surface area contributed by atoms with Crippen molar-refractivity contribution in [2.24, 2.45) is 0 Å². The lowest BCUT2D eigenvalue weighted by atomic mass is 10.2. The zero-order chi connectivity index (χ0) is 13.2. The van der Waals surface area contributed by atoms with Crippen LogP contribution in [-0.4, -0.2) is 11.7 Å². The van der Waals surface area contributed by atoms with Crippen LogP contribution in [0.2, 0.25) is 0 Å². The molecule has 1 aromatic carbocycles. The smallest absolute Gasteiger partial charge is 0.412 e. The van der Waals surface area contributed by atoms with Crippen molar-refractivity contribution in [2.45, 2.75) is 26.4 Å². The van der Waals surface area contributed by atoms with Crippen molar-refractivity contribution in [2.75, 3.05) is 11.1 Å². The average molecular weight is 366 g/mol. The molecule has 0 aliphatic rings. The van der Waals surface area contributed by atoms with E-state index >= 15 is 0 Å². The van der Waals surface area contributed by atoms with Gasteiger partial charge in [-0.25, -0.2) is 4.79 Å². The van der Waals surface area contributed by atoms with E-state index in [0.29, 0.717) is 20.3 Å². The predicted octanol–water partition coefficient (Wildman–Crippen LogP) is 4.14. The van der Waals surface area contributed by atoms with Crippen LogP contribution in [0.15, 0.2) is 21.1 Å². The van der Waals surface area contributed by atoms with Crippen molar-refractivity contribution in [3.63, 3.8) is 0 Å². The van der Waals surface area contributed by atoms with Crippen LogP contribution in [0.25, 0.3) is 0 Å². The van der Waals surface area contributed by atoms with Gasteiger partial charge >= 0.3 is 6.09 Å². The van der Waals surface area contributed by atoms with Gasteiger partial charge in [0.15, 0.2) is 0 Å². The molecule has 3 N–H and O–H groups in total. The van der Waals surface area contributed by atoms with Crippen molar-refractivity contribution in [3.8, 4) is 0 Å². The third kappa shape index (κ3) is 4.55. The van der Waals surface area contributed by atoms with Gasteiger partial charge in [-0.1, -0.05) is 0 Å². The highest BCUT2D eigenvalue weighted by atomic mass is 79.9. The maximum absolute atomic E-state index is 11.5. The van der Waals surface area contributed by atoms with E-state index in [4.69, 9.17) is 10.5 Å². The highest BCUT2D eigenvalue weighted by Gasteiger charge is 2.16. The summed E-state index contributed by atoms with van der Waals surface area (Å²) in [7, 11) is 0. The highest BCUT2D eigenvalue weighted by Crippen LogP contribution is 2.31. The average Bonchev–Trinajstić information content (AvgIpc) is 2.10. The van der Waals surface area contributed by atoms with E-state index in [1.54, 1.807) is 32.9 Å². The Bertz CT molecular complexity index is 419. The molecule has 1 amide bonds. The van der Waals surface area contributed by atoms with E-state index in [1.165, 1.54) is 0 Å². The summed E-state index contributed by atoms with van der Waals surface area (Å²) in [6.45, 7) is 5.42. The van der Waals surface area contributed by atoms with E-state index in [9.17, 15) is 4.79 Å². The SMILES string of the molecule is CC(C)(C)OC(=O)Nc1cc(Br)c(N)c(Br)c1. The summed E-state index contributed by atoms with van der Waals surface area (Å²) < 4.78 is 6.55. The molecule has 6 heteroatoms. The molecule has 0 aliphatic heterocycles. The second-order valence-corrected chi connectivity index (χ2v) is 6.19. The molecule has 0 saturated carbocycles. The van der Waals surface area contributed by atoms with Crippen LogP contribution in [0, 0.1) is 0 Å². The molecule has 17 heavy (non-hydrogen) atoms. The number of hydrogen-bond acceptors (Lipinski definition) is 3. The summed E-state index contributed by atoms with van der Waals surface area (Å²) in [5.41, 5.74) is 6.41. The summed E-state index contributed by atoms with van der Waals surface area (Å²) in [5.74, 6) is 0. The molecule has 0 bridgehead atoms. The fourth-order valence-electron chi connectivity index (χ4n) is 1.08. The lowest BCUT2D eigenvalue weighted by Gasteiger charge is -2.20. The minimum absolute atomic E-state index is 0.499. The quantitative estimate of drug-likeness (QED) is 0.735. The van der Waals surface area contributed by atoms with Gasteiger partial charge in [0.05, 0.1) is 5.69 Å². The first kappa shape index (κ1) is 14.3. The fraction of sp³-hybridized carbons (Fsp3) is 0.364. The number of nitrogen functional groups attached to an aromatic ring is 1. The molecule has 0 atom stereocenters. The molecule has 1 rings (SSSR count). The minimum Gasteiger partial charge on any atom is -0.444 e. The van der Waals surface area contributed by atoms with Gasteiger partial charge in [0, 0.05) is 14.6 Å². The standard InChI is InChI=1S/C11H14Br2N2O2/c1-11(2,3)17-10(16)15-6-4-7(12)9(14)8(13)5-6/h4-5H,14H2,1-3H3,(H,15,16). The van der Waals surface area contributed by atoms with E-state index in [-0.39, 0.29) is 0 Å². The molecular formula is C11H14Br2N2O2. The summed E-state index contributed by atoms with van der Waals surface area (Å²) in [6, 6.07) is 3.42. The second-order valence-electron chi connectivity index (χ2n) is 4.48. The summed E-state index contributed by atoms with van der Waals surface area (Å²) in [4.78, 5) is 11.5. The van der Waals surface area contributed by atoms with Gasteiger partial charge in [0.25, 0.3) is 0 Å². The first-order chi connectivity index (χ1) is 7.69. The molecule has 0 unspecified atom stereocenters. The first-order valence-electron chi connectivity index (χ1n) is 4.93. The molecule has 0 fully saturated rings. The molecule has 94 valence electrons. The van der Waals surface area contributed by atoms with Crippen molar-refractivity contribution in [1.29, 1.82) is 0 Å². The lowest BCUT2D eigenvalue weighted by Crippen LogP contribution is -2.27. The summed E-state index contributed by atoms with van der Waals surface area (Å²) in [6.07, 6.45) is -0.499. The number of nitrogens with one attached hydrogen (secondary N) is 1. The minimum atomic E-state index is -0.521. The van der Waals surface area contributed by atoms with Crippen LogP contribution < -0.4 is 11.1 Å². The Kier molecular flexibility index (Phi) is 4.43. The van der Waals surface area contributed by atoms with Gasteiger partial charge < -0.3 is 10.5 Å². The van der Waals surface area contributed by atoms with Gasteiger partial charge in [-0.15, -0.1) is 0 Å². The van der Waals surface area contributed by atoms with Crippen LogP contribution in [0.3, 0.4) is 0 Å². The molecule has 1 aromatic rings. The zero-order valence-electron chi connectivity index (χ0n) is 9.80. The largest absolute Gasteiger partial charge is 0.444 e. The Labute approximate surface area is 117 Å². The molecular weight excluding hydrogens is 352 g/mol. The third-order valence-corrected chi connectivity index (χ3v) is 3.04. The normalized spacial score (nSPS) is 11.1. The monoisotopic (exact) mass is 364 g/mol. The zero-order valence-corrected chi connectivity index (χ0v) is 13.0. The number of ether oxygens (including phenoxy) is 1. The van der Waals surface area contributed by atoms with Crippen LogP contribution in [-0.2, 0) is 4.74 Å². The molecule has 0 heterocycles. The van der Waals surface area contributed by atoms with Crippen molar-refractivity contribution >= 4 is 49.3 Å². The summed E-state index contributed by atoms with van der Waals surface area (Å²) >= 11 is 6.60. The molecule has 4 nitrogen and oxygen atoms in total. The van der Waals surface area contributed by atoms with Gasteiger partial charge in [-0.05, 0) is 64.8 Å². The Balaban J connectivity index is 2.79. The number of nitrogens with two attached hydrogens (primary N) is 1. The van der Waals surface area contributed by atoms with Crippen LogP contribution >= 0.6 is 31.9 Å². The Morgan fingerprint density at radius 3 is 2.18 bits per heavy atom. The van der Waals surface area contributed by atoms with Crippen LogP contribution in [0.1, 0.15) is 20.8 Å². The van der Waals surface area contributed by atoms with E-state index in [1.807, 2.05) is 0 Å². The number of anilines is 2. The fourth-order valence-corrected chi connectivity index (χ4v) is 2.26. The lowest BCUT2D eigenvalue weighted by molar-refractivity contribution is 0.0636. The van der Waals surface area contributed by atoms with Gasteiger partial charge in [-0.3, -0.25) is 5.32 Å². The molecule has 0 spiro atoms. The maximum atomic E-state index is 11.5. The first-order valence-corrected chi connectivity index (χ1v) is 6.52. The Hall–Kier alpha value is -0.750. The number of carbonyl (C=O) groups excluding carboxylic acids is 1. The number of hydrogen-bond donors (Lipinski definition) is 2. The Morgan fingerprint density at radius 1 is 1.29 bits per heavy atom. The number of halogens is 2. The topological polar surface area (TPSA) is 64.3 Å². The third-order valence-electron chi connectivity index (χ3n) is 1.72. The molecule has 0 saturated heterocycles. The highest BCUT2D eigenvalue weighted by molar-refractivity contribution is 9.11. The number of carbonyl (C=O) groups is 1. The van der Waals surface area contributed by atoms with Gasteiger partial charge in [0.1, 0.15) is 5.60 Å². The van der Waals surface area contributed by atoms with Gasteiger partial charge in [-0.2, -0.15) is 0 Å². The maximum Gasteiger partial charge on any atom is 0.412 e. The Morgan fingerprint density at radius 2 is 1.76 bits per heavy atom. The van der Waals surface area contributed by atoms with Crippen molar-refractivity contribution in [1.82, 2.24) is 0 Å². The van der Waals surface area contributed by atoms with E-state index < -0.39 is 11.7 Å². The number of benzene rings is 1. The molecule has 0 aliphatic carbocycles. The summed E-state index contributed by atoms with van der Waals surface area (Å²) in [5, 5.41) is 2.63. The van der Waals surface area contributed by atoms with Crippen LogP contribution in [0.4, 0.5) is 16.2 Å². The van der Waals surface area contributed by atoms with Gasteiger partial charge in [0.2, 0.25) is 0 Å². The van der Waals surface area contributed by atoms with E-state index in [2.05, 4.69) is 37.2 Å². The molecule has 0 radical (unpaired) electrons.